The average Bonchev–Trinajstić information content (AvgIpc) is 2.82. The maximum atomic E-state index is 10.2. The van der Waals surface area contributed by atoms with Crippen LogP contribution in [0.5, 0.6) is 0 Å². The molecular formula is C14H20ClNO. The number of rotatable bonds is 4. The minimum Gasteiger partial charge on any atom is -0.387 e. The number of halogens is 1. The zero-order valence-corrected chi connectivity index (χ0v) is 11.0. The minimum absolute atomic E-state index is 0.0827. The van der Waals surface area contributed by atoms with E-state index in [-0.39, 0.29) is 6.04 Å². The van der Waals surface area contributed by atoms with E-state index in [1.807, 2.05) is 31.2 Å². The molecule has 1 aromatic rings. The Kier molecular flexibility index (Phi) is 4.43. The molecule has 2 N–H and O–H groups in total. The van der Waals surface area contributed by atoms with Gasteiger partial charge in [0.1, 0.15) is 0 Å². The molecule has 2 rings (SSSR count). The molecule has 0 radical (unpaired) electrons. The standard InChI is InChI=1S/C14H20ClNO/c1-10(16-13-4-2-3-5-13)14(17)11-6-8-12(15)9-7-11/h6-10,13-14,16-17H,2-5H2,1H3. The van der Waals surface area contributed by atoms with Crippen molar-refractivity contribution in [1.29, 1.82) is 0 Å². The van der Waals surface area contributed by atoms with Crippen LogP contribution in [-0.4, -0.2) is 17.2 Å². The Morgan fingerprint density at radius 1 is 1.24 bits per heavy atom. The lowest BCUT2D eigenvalue weighted by atomic mass is 10.0. The van der Waals surface area contributed by atoms with Crippen molar-refractivity contribution in [1.82, 2.24) is 5.32 Å². The second kappa shape index (κ2) is 5.85. The molecule has 0 bridgehead atoms. The maximum Gasteiger partial charge on any atom is 0.0940 e. The van der Waals surface area contributed by atoms with E-state index in [1.54, 1.807) is 0 Å². The number of hydrogen-bond acceptors (Lipinski definition) is 2. The summed E-state index contributed by atoms with van der Waals surface area (Å²) in [6, 6.07) is 8.08. The van der Waals surface area contributed by atoms with Gasteiger partial charge in [-0.15, -0.1) is 0 Å². The molecule has 2 atom stereocenters. The molecule has 2 nitrogen and oxygen atoms in total. The van der Waals surface area contributed by atoms with Gasteiger partial charge in [0.2, 0.25) is 0 Å². The van der Waals surface area contributed by atoms with Crippen LogP contribution in [0, 0.1) is 0 Å². The van der Waals surface area contributed by atoms with Crippen LogP contribution in [-0.2, 0) is 0 Å². The molecule has 2 unspecified atom stereocenters. The lowest BCUT2D eigenvalue weighted by Gasteiger charge is -2.24. The number of nitrogens with one attached hydrogen (secondary N) is 1. The van der Waals surface area contributed by atoms with Crippen LogP contribution in [0.2, 0.25) is 5.02 Å². The topological polar surface area (TPSA) is 32.3 Å². The molecule has 17 heavy (non-hydrogen) atoms. The maximum absolute atomic E-state index is 10.2. The molecule has 94 valence electrons. The van der Waals surface area contributed by atoms with Gasteiger partial charge in [0, 0.05) is 17.1 Å². The Morgan fingerprint density at radius 2 is 1.82 bits per heavy atom. The van der Waals surface area contributed by atoms with Crippen molar-refractivity contribution in [2.75, 3.05) is 0 Å². The third-order valence-electron chi connectivity index (χ3n) is 3.54. The molecule has 0 saturated heterocycles. The highest BCUT2D eigenvalue weighted by Crippen LogP contribution is 2.23. The van der Waals surface area contributed by atoms with Crippen molar-refractivity contribution < 1.29 is 5.11 Å². The molecule has 3 heteroatoms. The van der Waals surface area contributed by atoms with Gasteiger partial charge in [-0.1, -0.05) is 36.6 Å². The quantitative estimate of drug-likeness (QED) is 0.863. The lowest BCUT2D eigenvalue weighted by Crippen LogP contribution is -2.38. The normalized spacial score (nSPS) is 20.4. The van der Waals surface area contributed by atoms with Gasteiger partial charge in [0.15, 0.2) is 0 Å². The zero-order valence-electron chi connectivity index (χ0n) is 10.2. The summed E-state index contributed by atoms with van der Waals surface area (Å²) in [7, 11) is 0. The summed E-state index contributed by atoms with van der Waals surface area (Å²) >= 11 is 5.84. The highest BCUT2D eigenvalue weighted by atomic mass is 35.5. The molecule has 1 aliphatic rings. The smallest absolute Gasteiger partial charge is 0.0940 e. The largest absolute Gasteiger partial charge is 0.387 e. The second-order valence-electron chi connectivity index (χ2n) is 4.93. The van der Waals surface area contributed by atoms with Crippen LogP contribution >= 0.6 is 11.6 Å². The van der Waals surface area contributed by atoms with Crippen LogP contribution < -0.4 is 5.32 Å². The first kappa shape index (κ1) is 12.9. The fourth-order valence-corrected chi connectivity index (χ4v) is 2.63. The predicted octanol–water partition coefficient (Wildman–Crippen LogP) is 3.29. The van der Waals surface area contributed by atoms with E-state index in [1.165, 1.54) is 25.7 Å². The number of aliphatic hydroxyl groups excluding tert-OH is 1. The molecule has 0 heterocycles. The van der Waals surface area contributed by atoms with Crippen LogP contribution in [0.15, 0.2) is 24.3 Å². The first-order valence-electron chi connectivity index (χ1n) is 6.36. The summed E-state index contributed by atoms with van der Waals surface area (Å²) in [6.45, 7) is 2.04. The van der Waals surface area contributed by atoms with E-state index in [2.05, 4.69) is 5.32 Å². The number of benzene rings is 1. The van der Waals surface area contributed by atoms with Crippen LogP contribution in [0.3, 0.4) is 0 Å². The molecule has 1 aliphatic carbocycles. The van der Waals surface area contributed by atoms with E-state index >= 15 is 0 Å². The molecule has 1 aromatic carbocycles. The first-order valence-corrected chi connectivity index (χ1v) is 6.74. The van der Waals surface area contributed by atoms with Crippen LogP contribution in [0.4, 0.5) is 0 Å². The van der Waals surface area contributed by atoms with Crippen molar-refractivity contribution in [2.45, 2.75) is 50.8 Å². The van der Waals surface area contributed by atoms with Gasteiger partial charge >= 0.3 is 0 Å². The first-order chi connectivity index (χ1) is 8.16. The molecule has 0 amide bonds. The minimum atomic E-state index is -0.465. The van der Waals surface area contributed by atoms with Crippen molar-refractivity contribution in [3.8, 4) is 0 Å². The zero-order chi connectivity index (χ0) is 12.3. The number of aliphatic hydroxyl groups is 1. The second-order valence-corrected chi connectivity index (χ2v) is 5.37. The Balaban J connectivity index is 1.93. The SMILES string of the molecule is CC(NC1CCCC1)C(O)c1ccc(Cl)cc1. The van der Waals surface area contributed by atoms with Crippen LogP contribution in [0.1, 0.15) is 44.3 Å². The summed E-state index contributed by atoms with van der Waals surface area (Å²) in [5.41, 5.74) is 0.924. The van der Waals surface area contributed by atoms with Crippen molar-refractivity contribution in [3.63, 3.8) is 0 Å². The van der Waals surface area contributed by atoms with E-state index in [9.17, 15) is 5.11 Å². The lowest BCUT2D eigenvalue weighted by molar-refractivity contribution is 0.129. The van der Waals surface area contributed by atoms with Gasteiger partial charge < -0.3 is 10.4 Å². The predicted molar refractivity (Wildman–Crippen MR) is 71.3 cm³/mol. The Morgan fingerprint density at radius 3 is 2.41 bits per heavy atom. The third-order valence-corrected chi connectivity index (χ3v) is 3.79. The van der Waals surface area contributed by atoms with Crippen molar-refractivity contribution in [2.24, 2.45) is 0 Å². The molecule has 0 spiro atoms. The Bertz CT molecular complexity index is 346. The fourth-order valence-electron chi connectivity index (χ4n) is 2.50. The molecule has 0 aliphatic heterocycles. The van der Waals surface area contributed by atoms with Crippen molar-refractivity contribution >= 4 is 11.6 Å². The Labute approximate surface area is 108 Å². The average molecular weight is 254 g/mol. The molecule has 0 aromatic heterocycles. The van der Waals surface area contributed by atoms with Gasteiger partial charge in [0.25, 0.3) is 0 Å². The third kappa shape index (κ3) is 3.44. The van der Waals surface area contributed by atoms with Gasteiger partial charge in [-0.3, -0.25) is 0 Å². The van der Waals surface area contributed by atoms with Gasteiger partial charge in [0.05, 0.1) is 6.10 Å². The summed E-state index contributed by atoms with van der Waals surface area (Å²) in [6.07, 6.45) is 4.62. The molecule has 1 saturated carbocycles. The summed E-state index contributed by atoms with van der Waals surface area (Å²) in [4.78, 5) is 0. The fraction of sp³-hybridized carbons (Fsp3) is 0.571. The molecule has 1 fully saturated rings. The van der Waals surface area contributed by atoms with Crippen molar-refractivity contribution in [3.05, 3.63) is 34.9 Å². The van der Waals surface area contributed by atoms with E-state index in [0.717, 1.165) is 5.56 Å². The summed E-state index contributed by atoms with van der Waals surface area (Å²) in [5, 5.41) is 14.4. The van der Waals surface area contributed by atoms with E-state index in [0.29, 0.717) is 11.1 Å². The van der Waals surface area contributed by atoms with Gasteiger partial charge in [-0.05, 0) is 37.5 Å². The van der Waals surface area contributed by atoms with Crippen LogP contribution in [0.25, 0.3) is 0 Å². The molecular weight excluding hydrogens is 234 g/mol. The Hall–Kier alpha value is -0.570. The summed E-state index contributed by atoms with van der Waals surface area (Å²) < 4.78 is 0. The highest BCUT2D eigenvalue weighted by molar-refractivity contribution is 6.30. The van der Waals surface area contributed by atoms with E-state index in [4.69, 9.17) is 11.6 Å². The monoisotopic (exact) mass is 253 g/mol. The van der Waals surface area contributed by atoms with Gasteiger partial charge in [-0.25, -0.2) is 0 Å². The van der Waals surface area contributed by atoms with Gasteiger partial charge in [-0.2, -0.15) is 0 Å². The highest BCUT2D eigenvalue weighted by Gasteiger charge is 2.21. The van der Waals surface area contributed by atoms with E-state index < -0.39 is 6.10 Å². The number of hydrogen-bond donors (Lipinski definition) is 2. The summed E-state index contributed by atoms with van der Waals surface area (Å²) in [5.74, 6) is 0.